The predicted octanol–water partition coefficient (Wildman–Crippen LogP) is 2.30. The van der Waals surface area contributed by atoms with Crippen molar-refractivity contribution in [1.82, 2.24) is 5.16 Å². The lowest BCUT2D eigenvalue weighted by molar-refractivity contribution is -0.137. The van der Waals surface area contributed by atoms with Gasteiger partial charge in [-0.2, -0.15) is 0 Å². The maximum Gasteiger partial charge on any atom is 0.345 e. The summed E-state index contributed by atoms with van der Waals surface area (Å²) in [6.07, 6.45) is 2.93. The van der Waals surface area contributed by atoms with E-state index in [2.05, 4.69) is 9.89 Å². The summed E-state index contributed by atoms with van der Waals surface area (Å²) in [6, 6.07) is 0. The molecule has 0 amide bonds. The van der Waals surface area contributed by atoms with Crippen molar-refractivity contribution in [3.8, 4) is 16.4 Å². The molecule has 0 spiro atoms. The van der Waals surface area contributed by atoms with Crippen molar-refractivity contribution >= 4 is 40.4 Å². The summed E-state index contributed by atoms with van der Waals surface area (Å²) in [7, 11) is 3.71. The van der Waals surface area contributed by atoms with Crippen LogP contribution in [0.15, 0.2) is 16.3 Å². The first kappa shape index (κ1) is 19.1. The van der Waals surface area contributed by atoms with Crippen LogP contribution in [0, 0.1) is 5.92 Å². The van der Waals surface area contributed by atoms with Gasteiger partial charge in [0.25, 0.3) is 0 Å². The standard InChI is InChI=1S/C19H15NO8S/c1-25-15-9(19(24)27-3)12(22)13(23)17-10(15)16(26-2)18(29-17)14-8(6-20-28-14)11(21)7-4-5-7/h6-7H,4-5H2,1-3H3. The summed E-state index contributed by atoms with van der Waals surface area (Å²) in [4.78, 5) is 50.2. The monoisotopic (exact) mass is 417 g/mol. The summed E-state index contributed by atoms with van der Waals surface area (Å²) in [6.45, 7) is 0. The lowest BCUT2D eigenvalue weighted by Crippen LogP contribution is -2.28. The predicted molar refractivity (Wildman–Crippen MR) is 98.7 cm³/mol. The van der Waals surface area contributed by atoms with Crippen LogP contribution in [0.2, 0.25) is 0 Å². The molecule has 4 rings (SSSR count). The van der Waals surface area contributed by atoms with Crippen LogP contribution in [0.3, 0.4) is 0 Å². The molecule has 0 aliphatic heterocycles. The zero-order valence-electron chi connectivity index (χ0n) is 15.7. The Kier molecular flexibility index (Phi) is 4.58. The molecule has 150 valence electrons. The first-order valence-corrected chi connectivity index (χ1v) is 9.42. The fraction of sp³-hybridized carbons (Fsp3) is 0.316. The fourth-order valence-corrected chi connectivity index (χ4v) is 4.40. The Morgan fingerprint density at radius 1 is 1.10 bits per heavy atom. The number of ketones is 3. The van der Waals surface area contributed by atoms with Gasteiger partial charge in [0.1, 0.15) is 10.6 Å². The number of carbonyl (C=O) groups is 4. The normalized spacial score (nSPS) is 16.0. The molecule has 2 aromatic heterocycles. The SMILES string of the molecule is COC(=O)C1=C(OC)c2c(sc(-c3oncc3C(=O)C3CC3)c2OC)C(=O)C1=O. The van der Waals surface area contributed by atoms with E-state index >= 15 is 0 Å². The van der Waals surface area contributed by atoms with E-state index in [1.807, 2.05) is 0 Å². The van der Waals surface area contributed by atoms with Gasteiger partial charge in [-0.05, 0) is 12.8 Å². The number of methoxy groups -OCH3 is 3. The Bertz CT molecular complexity index is 1100. The van der Waals surface area contributed by atoms with Gasteiger partial charge in [-0.25, -0.2) is 4.79 Å². The van der Waals surface area contributed by atoms with Crippen LogP contribution in [0.5, 0.6) is 5.75 Å². The molecular formula is C19H15NO8S. The van der Waals surface area contributed by atoms with Gasteiger partial charge in [-0.1, -0.05) is 5.16 Å². The topological polar surface area (TPSA) is 122 Å². The first-order chi connectivity index (χ1) is 13.9. The molecular weight excluding hydrogens is 402 g/mol. The summed E-state index contributed by atoms with van der Waals surface area (Å²) in [5.74, 6) is -2.95. The van der Waals surface area contributed by atoms with Gasteiger partial charge in [0.2, 0.25) is 11.6 Å². The molecule has 0 N–H and O–H groups in total. The van der Waals surface area contributed by atoms with E-state index in [1.54, 1.807) is 0 Å². The zero-order valence-corrected chi connectivity index (χ0v) is 16.5. The highest BCUT2D eigenvalue weighted by Crippen LogP contribution is 2.50. The molecule has 1 saturated carbocycles. The summed E-state index contributed by atoms with van der Waals surface area (Å²) in [5, 5.41) is 3.73. The van der Waals surface area contributed by atoms with E-state index in [4.69, 9.17) is 14.0 Å². The number of hydrogen-bond acceptors (Lipinski definition) is 10. The lowest BCUT2D eigenvalue weighted by atomic mass is 9.93. The number of fused-ring (bicyclic) bond motifs is 1. The maximum atomic E-state index is 12.7. The van der Waals surface area contributed by atoms with Crippen LogP contribution in [-0.2, 0) is 19.1 Å². The van der Waals surface area contributed by atoms with Crippen LogP contribution < -0.4 is 4.74 Å². The van der Waals surface area contributed by atoms with Crippen LogP contribution >= 0.6 is 11.3 Å². The molecule has 0 unspecified atom stereocenters. The highest BCUT2D eigenvalue weighted by atomic mass is 32.1. The molecule has 2 aromatic rings. The number of hydrogen-bond donors (Lipinski definition) is 0. The van der Waals surface area contributed by atoms with Gasteiger partial charge < -0.3 is 18.7 Å². The number of rotatable bonds is 6. The van der Waals surface area contributed by atoms with Gasteiger partial charge in [-0.15, -0.1) is 11.3 Å². The minimum absolute atomic E-state index is 0.0209. The van der Waals surface area contributed by atoms with Gasteiger partial charge in [0.15, 0.2) is 22.9 Å². The Morgan fingerprint density at radius 2 is 1.83 bits per heavy atom. The smallest absolute Gasteiger partial charge is 0.345 e. The largest absolute Gasteiger partial charge is 0.495 e. The second-order valence-corrected chi connectivity index (χ2v) is 7.45. The number of thiophene rings is 1. The van der Waals surface area contributed by atoms with E-state index in [0.717, 1.165) is 31.3 Å². The highest BCUT2D eigenvalue weighted by Gasteiger charge is 2.44. The summed E-state index contributed by atoms with van der Waals surface area (Å²) < 4.78 is 20.7. The fourth-order valence-electron chi connectivity index (χ4n) is 3.21. The molecule has 0 atom stereocenters. The van der Waals surface area contributed by atoms with Crippen molar-refractivity contribution in [3.63, 3.8) is 0 Å². The molecule has 2 heterocycles. The Morgan fingerprint density at radius 3 is 2.41 bits per heavy atom. The molecule has 10 heteroatoms. The average Bonchev–Trinajstić information content (AvgIpc) is 3.34. The molecule has 0 radical (unpaired) electrons. The van der Waals surface area contributed by atoms with Gasteiger partial charge >= 0.3 is 5.97 Å². The molecule has 29 heavy (non-hydrogen) atoms. The van der Waals surface area contributed by atoms with Crippen molar-refractivity contribution in [2.24, 2.45) is 5.92 Å². The van der Waals surface area contributed by atoms with Crippen LogP contribution in [0.25, 0.3) is 16.4 Å². The van der Waals surface area contributed by atoms with E-state index in [0.29, 0.717) is 4.88 Å². The third kappa shape index (κ3) is 2.79. The Balaban J connectivity index is 1.96. The van der Waals surface area contributed by atoms with E-state index < -0.39 is 23.1 Å². The second kappa shape index (κ2) is 6.96. The number of carbonyl (C=O) groups excluding carboxylic acids is 4. The molecule has 1 fully saturated rings. The Labute approximate surface area is 168 Å². The number of Topliss-reactive ketones (excluding diaryl/α,β-unsaturated/α-hetero) is 3. The third-order valence-corrected chi connectivity index (χ3v) is 5.91. The summed E-state index contributed by atoms with van der Waals surface area (Å²) >= 11 is 0.913. The van der Waals surface area contributed by atoms with E-state index in [1.165, 1.54) is 20.4 Å². The second-order valence-electron chi connectivity index (χ2n) is 6.43. The van der Waals surface area contributed by atoms with Crippen molar-refractivity contribution in [1.29, 1.82) is 0 Å². The van der Waals surface area contributed by atoms with E-state index in [-0.39, 0.29) is 45.0 Å². The average molecular weight is 417 g/mol. The summed E-state index contributed by atoms with van der Waals surface area (Å²) in [5.41, 5.74) is -0.0949. The Hall–Kier alpha value is -3.27. The third-order valence-electron chi connectivity index (χ3n) is 4.75. The number of esters is 1. The molecule has 0 bridgehead atoms. The lowest BCUT2D eigenvalue weighted by Gasteiger charge is -2.17. The van der Waals surface area contributed by atoms with Gasteiger partial charge in [-0.3, -0.25) is 14.4 Å². The molecule has 0 aromatic carbocycles. The minimum atomic E-state index is -1.04. The molecule has 2 aliphatic carbocycles. The van der Waals surface area contributed by atoms with Crippen molar-refractivity contribution in [2.45, 2.75) is 12.8 Å². The minimum Gasteiger partial charge on any atom is -0.495 e. The molecule has 2 aliphatic rings. The van der Waals surface area contributed by atoms with Crippen LogP contribution in [-0.4, -0.2) is 49.8 Å². The molecule has 0 saturated heterocycles. The van der Waals surface area contributed by atoms with Crippen molar-refractivity contribution < 1.29 is 37.9 Å². The quantitative estimate of drug-likeness (QED) is 0.301. The zero-order chi connectivity index (χ0) is 20.9. The number of ether oxygens (including phenoxy) is 3. The van der Waals surface area contributed by atoms with Crippen LogP contribution in [0.4, 0.5) is 0 Å². The van der Waals surface area contributed by atoms with Crippen molar-refractivity contribution in [2.75, 3.05) is 21.3 Å². The molecule has 9 nitrogen and oxygen atoms in total. The van der Waals surface area contributed by atoms with Crippen LogP contribution in [0.1, 0.15) is 38.4 Å². The maximum absolute atomic E-state index is 12.7. The van der Waals surface area contributed by atoms with Gasteiger partial charge in [0.05, 0.1) is 43.5 Å². The number of nitrogens with zero attached hydrogens (tertiary/aromatic N) is 1. The highest BCUT2D eigenvalue weighted by molar-refractivity contribution is 7.19. The van der Waals surface area contributed by atoms with Crippen molar-refractivity contribution in [3.05, 3.63) is 27.8 Å². The van der Waals surface area contributed by atoms with E-state index in [9.17, 15) is 19.2 Å². The number of aromatic nitrogens is 1. The van der Waals surface area contributed by atoms with Gasteiger partial charge in [0, 0.05) is 5.92 Å². The first-order valence-electron chi connectivity index (χ1n) is 8.60.